The van der Waals surface area contributed by atoms with Crippen molar-refractivity contribution in [3.63, 3.8) is 0 Å². The van der Waals surface area contributed by atoms with Crippen molar-refractivity contribution in [3.8, 4) is 22.9 Å². The lowest BCUT2D eigenvalue weighted by Crippen LogP contribution is -1.89. The van der Waals surface area contributed by atoms with Gasteiger partial charge in [-0.25, -0.2) is 19.9 Å². The Morgan fingerprint density at radius 1 is 0.857 bits per heavy atom. The number of fused-ring (bicyclic) bond motifs is 3. The lowest BCUT2D eigenvalue weighted by Gasteiger charge is -1.94. The van der Waals surface area contributed by atoms with Crippen molar-refractivity contribution in [3.05, 3.63) is 24.9 Å². The summed E-state index contributed by atoms with van der Waals surface area (Å²) in [6.45, 7) is 0. The van der Waals surface area contributed by atoms with Crippen LogP contribution in [0.5, 0.6) is 0 Å². The summed E-state index contributed by atoms with van der Waals surface area (Å²) in [7, 11) is 0. The maximum atomic E-state index is 4.11. The highest BCUT2D eigenvalue weighted by Gasteiger charge is 2.16. The molecule has 0 amide bonds. The minimum atomic E-state index is 0.483. The van der Waals surface area contributed by atoms with E-state index in [1.165, 1.54) is 12.7 Å². The molecule has 3 aliphatic heterocycles. The molecule has 0 radical (unpaired) electrons. The zero-order valence-corrected chi connectivity index (χ0v) is 6.99. The highest BCUT2D eigenvalue weighted by Crippen LogP contribution is 2.24. The van der Waals surface area contributed by atoms with Gasteiger partial charge in [-0.3, -0.25) is 0 Å². The molecule has 3 aliphatic rings. The van der Waals surface area contributed by atoms with E-state index in [2.05, 4.69) is 30.1 Å². The molecule has 0 atom stereocenters. The van der Waals surface area contributed by atoms with Crippen LogP contribution in [0.2, 0.25) is 0 Å². The molecular weight excluding hydrogens is 180 g/mol. The maximum absolute atomic E-state index is 4.11. The van der Waals surface area contributed by atoms with Crippen LogP contribution in [0.4, 0.5) is 0 Å². The molecule has 0 N–H and O–H groups in total. The van der Waals surface area contributed by atoms with E-state index in [0.717, 1.165) is 5.69 Å². The fourth-order valence-corrected chi connectivity index (χ4v) is 1.27. The van der Waals surface area contributed by atoms with Gasteiger partial charge in [0.05, 0.1) is 11.9 Å². The number of hydrogen-bond acceptors (Lipinski definition) is 6. The predicted octanol–water partition coefficient (Wildman–Crippen LogP) is 0.266. The predicted molar refractivity (Wildman–Crippen MR) is 46.5 cm³/mol. The third-order valence-corrected chi connectivity index (χ3v) is 1.88. The molecule has 0 fully saturated rings. The molecular formula is C8H4N6. The van der Waals surface area contributed by atoms with Gasteiger partial charge in [0.1, 0.15) is 24.0 Å². The molecule has 0 saturated heterocycles. The first-order valence-corrected chi connectivity index (χ1v) is 3.98. The van der Waals surface area contributed by atoms with Crippen molar-refractivity contribution in [2.75, 3.05) is 0 Å². The van der Waals surface area contributed by atoms with E-state index in [-0.39, 0.29) is 0 Å². The Labute approximate surface area is 78.8 Å². The van der Waals surface area contributed by atoms with Crippen LogP contribution in [0.25, 0.3) is 22.9 Å². The smallest absolute Gasteiger partial charge is 0.204 e. The van der Waals surface area contributed by atoms with Crippen molar-refractivity contribution in [1.82, 2.24) is 30.1 Å². The Bertz CT molecular complexity index is 476. The van der Waals surface area contributed by atoms with Crippen molar-refractivity contribution >= 4 is 0 Å². The molecule has 0 aromatic heterocycles. The zero-order valence-electron chi connectivity index (χ0n) is 6.99. The SMILES string of the molecule is c1cc2ncnc-2c2ncnc-2nn1. The van der Waals surface area contributed by atoms with Crippen LogP contribution in [0.15, 0.2) is 24.9 Å². The molecule has 3 heterocycles. The molecule has 14 heavy (non-hydrogen) atoms. The molecule has 6 nitrogen and oxygen atoms in total. The Morgan fingerprint density at radius 2 is 1.71 bits per heavy atom. The van der Waals surface area contributed by atoms with Crippen molar-refractivity contribution in [2.45, 2.75) is 0 Å². The molecule has 0 aliphatic carbocycles. The van der Waals surface area contributed by atoms with Crippen LogP contribution in [0, 0.1) is 0 Å². The summed E-state index contributed by atoms with van der Waals surface area (Å²) >= 11 is 0. The third kappa shape index (κ3) is 0.905. The molecule has 0 saturated carbocycles. The van der Waals surface area contributed by atoms with Crippen molar-refractivity contribution in [1.29, 1.82) is 0 Å². The minimum Gasteiger partial charge on any atom is -0.235 e. The molecule has 0 bridgehead atoms. The standard InChI is InChI=1S/C8H4N6/c1-2-13-14-8-7(11-4-12-8)6-5(1)9-3-10-6/h1-4H. The van der Waals surface area contributed by atoms with Crippen LogP contribution >= 0.6 is 0 Å². The van der Waals surface area contributed by atoms with Crippen LogP contribution in [0.1, 0.15) is 0 Å². The lowest BCUT2D eigenvalue weighted by molar-refractivity contribution is 1.02. The van der Waals surface area contributed by atoms with Gasteiger partial charge in [0.25, 0.3) is 0 Å². The van der Waals surface area contributed by atoms with Gasteiger partial charge >= 0.3 is 0 Å². The van der Waals surface area contributed by atoms with Crippen LogP contribution in [-0.2, 0) is 0 Å². The van der Waals surface area contributed by atoms with Gasteiger partial charge in [-0.05, 0) is 6.07 Å². The highest BCUT2D eigenvalue weighted by atomic mass is 15.2. The summed E-state index contributed by atoms with van der Waals surface area (Å²) in [5.74, 6) is 0.483. The first-order valence-electron chi connectivity index (χ1n) is 3.98. The van der Waals surface area contributed by atoms with Gasteiger partial charge in [0.15, 0.2) is 0 Å². The second-order valence-electron chi connectivity index (χ2n) is 2.68. The summed E-state index contributed by atoms with van der Waals surface area (Å²) in [6, 6.07) is 1.74. The van der Waals surface area contributed by atoms with E-state index in [0.29, 0.717) is 17.2 Å². The quantitative estimate of drug-likeness (QED) is 0.499. The van der Waals surface area contributed by atoms with Gasteiger partial charge in [0.2, 0.25) is 5.82 Å². The molecule has 0 aromatic rings. The Balaban J connectivity index is 2.43. The topological polar surface area (TPSA) is 77.3 Å². The number of nitrogens with zero attached hydrogens (tertiary/aromatic N) is 6. The van der Waals surface area contributed by atoms with E-state index in [1.807, 2.05) is 0 Å². The molecule has 3 rings (SSSR count). The van der Waals surface area contributed by atoms with Crippen molar-refractivity contribution in [2.24, 2.45) is 0 Å². The van der Waals surface area contributed by atoms with Gasteiger partial charge in [-0.1, -0.05) is 0 Å². The normalized spacial score (nSPS) is 10.9. The number of aromatic nitrogens is 6. The van der Waals surface area contributed by atoms with E-state index in [4.69, 9.17) is 0 Å². The van der Waals surface area contributed by atoms with Crippen LogP contribution < -0.4 is 0 Å². The van der Waals surface area contributed by atoms with E-state index in [9.17, 15) is 0 Å². The first-order chi connectivity index (χ1) is 6.95. The van der Waals surface area contributed by atoms with Gasteiger partial charge in [0, 0.05) is 0 Å². The Kier molecular flexibility index (Phi) is 1.35. The largest absolute Gasteiger partial charge is 0.235 e. The van der Waals surface area contributed by atoms with Gasteiger partial charge in [-0.15, -0.1) is 5.10 Å². The minimum absolute atomic E-state index is 0.483. The lowest BCUT2D eigenvalue weighted by atomic mass is 10.2. The molecule has 66 valence electrons. The monoisotopic (exact) mass is 184 g/mol. The Hall–Kier alpha value is -2.24. The van der Waals surface area contributed by atoms with Gasteiger partial charge < -0.3 is 0 Å². The van der Waals surface area contributed by atoms with Crippen LogP contribution in [0.3, 0.4) is 0 Å². The fraction of sp³-hybridized carbons (Fsp3) is 0. The number of hydrogen-bond donors (Lipinski definition) is 0. The van der Waals surface area contributed by atoms with Gasteiger partial charge in [-0.2, -0.15) is 5.10 Å². The average Bonchev–Trinajstić information content (AvgIpc) is 2.75. The zero-order chi connectivity index (χ0) is 9.38. The fourth-order valence-electron chi connectivity index (χ4n) is 1.27. The molecule has 6 heteroatoms. The second kappa shape index (κ2) is 2.63. The summed E-state index contributed by atoms with van der Waals surface area (Å²) in [5, 5.41) is 7.68. The summed E-state index contributed by atoms with van der Waals surface area (Å²) < 4.78 is 0. The highest BCUT2D eigenvalue weighted by molar-refractivity contribution is 5.72. The first kappa shape index (κ1) is 7.19. The van der Waals surface area contributed by atoms with E-state index < -0.39 is 0 Å². The summed E-state index contributed by atoms with van der Waals surface area (Å²) in [4.78, 5) is 16.2. The Morgan fingerprint density at radius 3 is 2.71 bits per heavy atom. The average molecular weight is 184 g/mol. The van der Waals surface area contributed by atoms with Crippen molar-refractivity contribution < 1.29 is 0 Å². The number of rotatable bonds is 0. The third-order valence-electron chi connectivity index (χ3n) is 1.88. The second-order valence-corrected chi connectivity index (χ2v) is 2.68. The molecule has 0 unspecified atom stereocenters. The van der Waals surface area contributed by atoms with Crippen LogP contribution in [-0.4, -0.2) is 30.1 Å². The number of imidazole rings is 2. The summed E-state index contributed by atoms with van der Waals surface area (Å²) in [5.41, 5.74) is 2.07. The van der Waals surface area contributed by atoms with E-state index >= 15 is 0 Å². The van der Waals surface area contributed by atoms with E-state index in [1.54, 1.807) is 12.3 Å². The maximum Gasteiger partial charge on any atom is 0.204 e. The molecule has 0 spiro atoms. The summed E-state index contributed by atoms with van der Waals surface area (Å²) in [6.07, 6.45) is 4.48. The molecule has 0 aromatic carbocycles.